The lowest BCUT2D eigenvalue weighted by molar-refractivity contribution is -0.147. The van der Waals surface area contributed by atoms with Crippen molar-refractivity contribution >= 4 is 40.5 Å². The average molecular weight is 340 g/mol. The fourth-order valence-electron chi connectivity index (χ4n) is 2.31. The highest BCUT2D eigenvalue weighted by Gasteiger charge is 2.51. The molecule has 3 heterocycles. The number of carbonyl (C=O) groups is 3. The monoisotopic (exact) mass is 340 g/mol. The summed E-state index contributed by atoms with van der Waals surface area (Å²) < 4.78 is 5.00. The van der Waals surface area contributed by atoms with Gasteiger partial charge in [-0.1, -0.05) is 11.8 Å². The van der Waals surface area contributed by atoms with E-state index >= 15 is 0 Å². The predicted molar refractivity (Wildman–Crippen MR) is 81.2 cm³/mol. The predicted octanol–water partition coefficient (Wildman–Crippen LogP) is 0.734. The van der Waals surface area contributed by atoms with Crippen LogP contribution in [0.4, 0.5) is 0 Å². The number of nitrogens with zero attached hydrogens (tertiary/aromatic N) is 1. The van der Waals surface area contributed by atoms with Gasteiger partial charge < -0.3 is 15.3 Å². The molecule has 3 rings (SSSR count). The van der Waals surface area contributed by atoms with Gasteiger partial charge in [0.15, 0.2) is 5.76 Å². The Morgan fingerprint density at radius 1 is 1.55 bits per heavy atom. The van der Waals surface area contributed by atoms with Crippen molar-refractivity contribution in [3.8, 4) is 0 Å². The molecular formula is C13H12N2O5S2. The molecule has 1 aromatic heterocycles. The van der Waals surface area contributed by atoms with E-state index in [-0.39, 0.29) is 27.7 Å². The van der Waals surface area contributed by atoms with E-state index in [4.69, 9.17) is 10.2 Å². The SMILES string of the molecule is NC1C(=O)N2C(C(=O)O)=C(CSC(=O)c3ccco3)CS[C@@H]12. The van der Waals surface area contributed by atoms with E-state index < -0.39 is 17.9 Å². The van der Waals surface area contributed by atoms with Gasteiger partial charge in [-0.15, -0.1) is 11.8 Å². The molecule has 3 N–H and O–H groups in total. The van der Waals surface area contributed by atoms with Crippen LogP contribution < -0.4 is 5.73 Å². The maximum absolute atomic E-state index is 11.9. The number of carboxylic acids is 1. The van der Waals surface area contributed by atoms with Crippen LogP contribution in [0.2, 0.25) is 0 Å². The molecule has 2 aliphatic rings. The molecule has 0 bridgehead atoms. The van der Waals surface area contributed by atoms with Crippen LogP contribution in [-0.4, -0.2) is 49.9 Å². The minimum Gasteiger partial charge on any atom is -0.477 e. The zero-order chi connectivity index (χ0) is 15.9. The van der Waals surface area contributed by atoms with Gasteiger partial charge in [0.2, 0.25) is 5.91 Å². The van der Waals surface area contributed by atoms with Crippen LogP contribution in [0.5, 0.6) is 0 Å². The summed E-state index contributed by atoms with van der Waals surface area (Å²) in [4.78, 5) is 36.4. The average Bonchev–Trinajstić information content (AvgIpc) is 3.05. The minimum atomic E-state index is -1.17. The Hall–Kier alpha value is -1.71. The van der Waals surface area contributed by atoms with Crippen molar-refractivity contribution in [3.63, 3.8) is 0 Å². The molecule has 0 radical (unpaired) electrons. The lowest BCUT2D eigenvalue weighted by Gasteiger charge is -2.48. The number of hydrogen-bond acceptors (Lipinski definition) is 7. The van der Waals surface area contributed by atoms with Gasteiger partial charge in [0.25, 0.3) is 5.12 Å². The van der Waals surface area contributed by atoms with Crippen molar-refractivity contribution in [2.75, 3.05) is 11.5 Å². The molecule has 2 aliphatic heterocycles. The second-order valence-electron chi connectivity index (χ2n) is 4.75. The van der Waals surface area contributed by atoms with Crippen molar-refractivity contribution in [2.24, 2.45) is 5.73 Å². The summed E-state index contributed by atoms with van der Waals surface area (Å²) in [6.45, 7) is 0. The number of thioether (sulfide) groups is 2. The molecular weight excluding hydrogens is 328 g/mol. The van der Waals surface area contributed by atoms with Crippen LogP contribution in [0.25, 0.3) is 0 Å². The highest BCUT2D eigenvalue weighted by atomic mass is 32.2. The number of amides is 1. The number of carbonyl (C=O) groups excluding carboxylic acids is 2. The molecule has 1 saturated heterocycles. The Balaban J connectivity index is 1.77. The summed E-state index contributed by atoms with van der Waals surface area (Å²) in [5.74, 6) is -0.728. The Kier molecular flexibility index (Phi) is 4.02. The standard InChI is InChI=1S/C13H12N2O5S2/c14-8-10(16)15-9(12(17)18)6(4-21-11(8)15)5-22-13(19)7-2-1-3-20-7/h1-3,8,11H,4-5,14H2,(H,17,18)/t8?,11-/m0/s1. The number of nitrogens with two attached hydrogens (primary N) is 1. The molecule has 2 atom stereocenters. The van der Waals surface area contributed by atoms with E-state index in [1.165, 1.54) is 22.9 Å². The number of carboxylic acid groups (broad SMARTS) is 1. The highest BCUT2D eigenvalue weighted by Crippen LogP contribution is 2.40. The number of aliphatic carboxylic acids is 1. The lowest BCUT2D eigenvalue weighted by Crippen LogP contribution is -2.68. The second kappa shape index (κ2) is 5.82. The molecule has 0 aromatic carbocycles. The van der Waals surface area contributed by atoms with E-state index in [9.17, 15) is 19.5 Å². The molecule has 116 valence electrons. The van der Waals surface area contributed by atoms with E-state index in [1.807, 2.05) is 0 Å². The Morgan fingerprint density at radius 3 is 2.95 bits per heavy atom. The third kappa shape index (κ3) is 2.44. The third-order valence-corrected chi connectivity index (χ3v) is 5.71. The normalized spacial score (nSPS) is 24.0. The van der Waals surface area contributed by atoms with Gasteiger partial charge >= 0.3 is 5.97 Å². The first-order valence-electron chi connectivity index (χ1n) is 6.37. The van der Waals surface area contributed by atoms with Crippen LogP contribution in [0.1, 0.15) is 10.6 Å². The van der Waals surface area contributed by atoms with Gasteiger partial charge in [0, 0.05) is 11.5 Å². The molecule has 22 heavy (non-hydrogen) atoms. The van der Waals surface area contributed by atoms with Crippen LogP contribution in [0, 0.1) is 0 Å². The molecule has 1 fully saturated rings. The first-order valence-corrected chi connectivity index (χ1v) is 8.40. The summed E-state index contributed by atoms with van der Waals surface area (Å²) in [5.41, 5.74) is 6.17. The number of β-lactam (4-membered cyclic amide) rings is 1. The van der Waals surface area contributed by atoms with E-state index in [0.717, 1.165) is 11.8 Å². The van der Waals surface area contributed by atoms with E-state index in [2.05, 4.69) is 0 Å². The lowest BCUT2D eigenvalue weighted by atomic mass is 10.0. The first kappa shape index (κ1) is 15.2. The number of rotatable bonds is 4. The second-order valence-corrected chi connectivity index (χ2v) is 6.80. The van der Waals surface area contributed by atoms with Crippen molar-refractivity contribution < 1.29 is 23.9 Å². The molecule has 1 unspecified atom stereocenters. The fraction of sp³-hybridized carbons (Fsp3) is 0.308. The Labute approximate surface area is 133 Å². The summed E-state index contributed by atoms with van der Waals surface area (Å²) in [6, 6.07) is 2.50. The van der Waals surface area contributed by atoms with Gasteiger partial charge in [-0.3, -0.25) is 14.5 Å². The van der Waals surface area contributed by atoms with Gasteiger partial charge in [-0.25, -0.2) is 4.79 Å². The largest absolute Gasteiger partial charge is 0.477 e. The summed E-state index contributed by atoms with van der Waals surface area (Å²) in [7, 11) is 0. The van der Waals surface area contributed by atoms with Gasteiger partial charge in [-0.2, -0.15) is 0 Å². The van der Waals surface area contributed by atoms with Crippen molar-refractivity contribution in [2.45, 2.75) is 11.4 Å². The van der Waals surface area contributed by atoms with Crippen molar-refractivity contribution in [1.29, 1.82) is 0 Å². The zero-order valence-electron chi connectivity index (χ0n) is 11.2. The molecule has 0 saturated carbocycles. The molecule has 0 aliphatic carbocycles. The zero-order valence-corrected chi connectivity index (χ0v) is 12.9. The molecule has 7 nitrogen and oxygen atoms in total. The number of furan rings is 1. The molecule has 0 spiro atoms. The van der Waals surface area contributed by atoms with Gasteiger partial charge in [-0.05, 0) is 17.7 Å². The van der Waals surface area contributed by atoms with E-state index in [0.29, 0.717) is 11.3 Å². The summed E-state index contributed by atoms with van der Waals surface area (Å²) >= 11 is 2.37. The maximum Gasteiger partial charge on any atom is 0.352 e. The van der Waals surface area contributed by atoms with Gasteiger partial charge in [0.05, 0.1) is 6.26 Å². The van der Waals surface area contributed by atoms with Crippen LogP contribution in [-0.2, 0) is 9.59 Å². The Morgan fingerprint density at radius 2 is 2.32 bits per heavy atom. The molecule has 1 amide bonds. The van der Waals surface area contributed by atoms with Crippen LogP contribution >= 0.6 is 23.5 Å². The smallest absolute Gasteiger partial charge is 0.352 e. The van der Waals surface area contributed by atoms with Crippen molar-refractivity contribution in [3.05, 3.63) is 35.4 Å². The third-order valence-electron chi connectivity index (χ3n) is 3.39. The summed E-state index contributed by atoms with van der Waals surface area (Å²) in [5, 5.41) is 8.77. The highest BCUT2D eigenvalue weighted by molar-refractivity contribution is 8.14. The maximum atomic E-state index is 11.9. The molecule has 9 heteroatoms. The fourth-order valence-corrected chi connectivity index (χ4v) is 4.53. The molecule has 1 aromatic rings. The number of fused-ring (bicyclic) bond motifs is 1. The quantitative estimate of drug-likeness (QED) is 0.771. The first-order chi connectivity index (χ1) is 10.5. The van der Waals surface area contributed by atoms with Crippen LogP contribution in [0.3, 0.4) is 0 Å². The van der Waals surface area contributed by atoms with Crippen molar-refractivity contribution in [1.82, 2.24) is 4.90 Å². The number of hydrogen-bond donors (Lipinski definition) is 2. The van der Waals surface area contributed by atoms with Gasteiger partial charge in [0.1, 0.15) is 17.1 Å². The summed E-state index contributed by atoms with van der Waals surface area (Å²) in [6.07, 6.45) is 1.40. The Bertz CT molecular complexity index is 670. The van der Waals surface area contributed by atoms with E-state index in [1.54, 1.807) is 12.1 Å². The topological polar surface area (TPSA) is 114 Å². The van der Waals surface area contributed by atoms with Crippen LogP contribution in [0.15, 0.2) is 34.1 Å². The minimum absolute atomic E-state index is 0.0461.